The Hall–Kier alpha value is -2.93. The second-order valence-electron chi connectivity index (χ2n) is 17.7. The van der Waals surface area contributed by atoms with Gasteiger partial charge in [0.25, 0.3) is 0 Å². The predicted octanol–water partition coefficient (Wildman–Crippen LogP) is 13.4. The molecule has 0 bridgehead atoms. The van der Waals surface area contributed by atoms with Crippen LogP contribution in [0.5, 0.6) is 0 Å². The summed E-state index contributed by atoms with van der Waals surface area (Å²) in [5, 5.41) is 5.63. The van der Waals surface area contributed by atoms with E-state index in [9.17, 15) is 14.4 Å². The zero-order valence-corrected chi connectivity index (χ0v) is 37.7. The van der Waals surface area contributed by atoms with Crippen LogP contribution >= 0.6 is 0 Å². The monoisotopic (exact) mass is 804 g/mol. The van der Waals surface area contributed by atoms with Gasteiger partial charge in [-0.3, -0.25) is 14.4 Å². The van der Waals surface area contributed by atoms with Gasteiger partial charge in [-0.25, -0.2) is 0 Å². The lowest BCUT2D eigenvalue weighted by Gasteiger charge is -2.40. The van der Waals surface area contributed by atoms with Gasteiger partial charge in [-0.1, -0.05) is 173 Å². The molecule has 7 nitrogen and oxygen atoms in total. The molecule has 1 aliphatic heterocycles. The molecule has 58 heavy (non-hydrogen) atoms. The van der Waals surface area contributed by atoms with Crippen molar-refractivity contribution < 1.29 is 19.1 Å². The first-order chi connectivity index (χ1) is 28.4. The molecular formula is C51H85N3O4. The van der Waals surface area contributed by atoms with E-state index in [1.165, 1.54) is 110 Å². The molecule has 1 heterocycles. The Kier molecular flexibility index (Phi) is 26.4. The molecular weight excluding hydrogens is 719 g/mol. The molecule has 0 radical (unpaired) electrons. The summed E-state index contributed by atoms with van der Waals surface area (Å²) in [6, 6.07) is 14.1. The van der Waals surface area contributed by atoms with Gasteiger partial charge in [0, 0.05) is 24.6 Å². The third kappa shape index (κ3) is 20.4. The number of rotatable bonds is 33. The molecule has 0 aliphatic carbocycles. The third-order valence-electron chi connectivity index (χ3n) is 12.8. The SMILES string of the molecule is CCCCCCCC(CCCCCCC)N(C(=O)CCCCCCCCCCCCCCC(=O)OC)C(CC1CCN(C)CC1)C(=O)Nc1ccc2ccccc2c1. The van der Waals surface area contributed by atoms with Crippen LogP contribution in [0.4, 0.5) is 5.69 Å². The van der Waals surface area contributed by atoms with Crippen LogP contribution in [-0.2, 0) is 19.1 Å². The molecule has 0 aromatic heterocycles. The van der Waals surface area contributed by atoms with Crippen molar-refractivity contribution in [1.29, 1.82) is 0 Å². The number of esters is 1. The van der Waals surface area contributed by atoms with Crippen molar-refractivity contribution in [3.8, 4) is 0 Å². The Bertz CT molecular complexity index is 1370. The molecule has 2 aromatic carbocycles. The minimum Gasteiger partial charge on any atom is -0.469 e. The lowest BCUT2D eigenvalue weighted by Crippen LogP contribution is -2.53. The number of hydrogen-bond donors (Lipinski definition) is 1. The predicted molar refractivity (Wildman–Crippen MR) is 245 cm³/mol. The Balaban J connectivity index is 1.69. The molecule has 1 atom stereocenters. The van der Waals surface area contributed by atoms with Crippen LogP contribution < -0.4 is 5.32 Å². The van der Waals surface area contributed by atoms with Crippen LogP contribution in [0.15, 0.2) is 42.5 Å². The fourth-order valence-corrected chi connectivity index (χ4v) is 9.02. The van der Waals surface area contributed by atoms with Gasteiger partial charge in [0.2, 0.25) is 11.8 Å². The highest BCUT2D eigenvalue weighted by atomic mass is 16.5. The first-order valence-electron chi connectivity index (χ1n) is 24.2. The number of anilines is 1. The number of likely N-dealkylation sites (tertiary alicyclic amines) is 1. The number of unbranched alkanes of at least 4 members (excludes halogenated alkanes) is 19. The summed E-state index contributed by atoms with van der Waals surface area (Å²) in [6.07, 6.45) is 32.0. The normalized spacial score (nSPS) is 14.2. The maximum Gasteiger partial charge on any atom is 0.305 e. The summed E-state index contributed by atoms with van der Waals surface area (Å²) in [5.41, 5.74) is 0.816. The van der Waals surface area contributed by atoms with Gasteiger partial charge in [-0.15, -0.1) is 0 Å². The van der Waals surface area contributed by atoms with Crippen molar-refractivity contribution in [2.75, 3.05) is 32.6 Å². The van der Waals surface area contributed by atoms with Crippen LogP contribution in [0.3, 0.4) is 0 Å². The summed E-state index contributed by atoms with van der Waals surface area (Å²) in [4.78, 5) is 45.4. The second-order valence-corrected chi connectivity index (χ2v) is 17.7. The first kappa shape index (κ1) is 49.4. The molecule has 328 valence electrons. The van der Waals surface area contributed by atoms with Crippen molar-refractivity contribution >= 4 is 34.2 Å². The summed E-state index contributed by atoms with van der Waals surface area (Å²) >= 11 is 0. The number of carbonyl (C=O) groups excluding carboxylic acids is 3. The summed E-state index contributed by atoms with van der Waals surface area (Å²) in [5.74, 6) is 0.524. The quantitative estimate of drug-likeness (QED) is 0.0574. The highest BCUT2D eigenvalue weighted by molar-refractivity contribution is 5.99. The average Bonchev–Trinajstić information content (AvgIpc) is 3.23. The fraction of sp³-hybridized carbons (Fsp3) is 0.745. The number of hydrogen-bond acceptors (Lipinski definition) is 5. The van der Waals surface area contributed by atoms with Gasteiger partial charge < -0.3 is 19.9 Å². The van der Waals surface area contributed by atoms with Crippen molar-refractivity contribution in [2.24, 2.45) is 5.92 Å². The summed E-state index contributed by atoms with van der Waals surface area (Å²) in [7, 11) is 3.66. The van der Waals surface area contributed by atoms with Gasteiger partial charge in [0.05, 0.1) is 7.11 Å². The van der Waals surface area contributed by atoms with Gasteiger partial charge >= 0.3 is 5.97 Å². The molecule has 2 amide bonds. The van der Waals surface area contributed by atoms with E-state index in [4.69, 9.17) is 4.74 Å². The average molecular weight is 804 g/mol. The van der Waals surface area contributed by atoms with E-state index in [1.807, 2.05) is 12.1 Å². The molecule has 1 unspecified atom stereocenters. The van der Waals surface area contributed by atoms with E-state index in [0.717, 1.165) is 100 Å². The molecule has 2 aromatic rings. The fourth-order valence-electron chi connectivity index (χ4n) is 9.02. The second kappa shape index (κ2) is 31.0. The highest BCUT2D eigenvalue weighted by Crippen LogP contribution is 2.30. The van der Waals surface area contributed by atoms with Crippen molar-refractivity contribution in [1.82, 2.24) is 9.80 Å². The van der Waals surface area contributed by atoms with Crippen LogP contribution in [0.2, 0.25) is 0 Å². The van der Waals surface area contributed by atoms with Crippen LogP contribution in [0.25, 0.3) is 10.8 Å². The van der Waals surface area contributed by atoms with Crippen LogP contribution in [-0.4, -0.2) is 66.9 Å². The minimum absolute atomic E-state index is 0.00859. The van der Waals surface area contributed by atoms with Gasteiger partial charge in [0.1, 0.15) is 6.04 Å². The summed E-state index contributed by atoms with van der Waals surface area (Å²) in [6.45, 7) is 6.63. The first-order valence-corrected chi connectivity index (χ1v) is 24.2. The van der Waals surface area contributed by atoms with Gasteiger partial charge in [-0.05, 0) is 93.9 Å². The van der Waals surface area contributed by atoms with Crippen LogP contribution in [0, 0.1) is 5.92 Å². The number of benzene rings is 2. The summed E-state index contributed by atoms with van der Waals surface area (Å²) < 4.78 is 4.73. The number of fused-ring (bicyclic) bond motifs is 1. The molecule has 1 aliphatic rings. The standard InChI is InChI=1S/C51H85N3O4/c1-5-7-9-19-23-31-47(32-24-20-10-8-6-2)54(49(55)33-25-21-17-15-13-11-12-14-16-18-22-26-34-50(56)58-4)48(41-43-37-39-53(3)40-38-43)51(57)52-46-36-35-44-29-27-28-30-45(44)42-46/h27-30,35-36,42-43,47-48H,5-26,31-34,37-41H2,1-4H3,(H,52,57). The Morgan fingerprint density at radius 3 is 1.72 bits per heavy atom. The lowest BCUT2D eigenvalue weighted by atomic mass is 9.87. The van der Waals surface area contributed by atoms with Crippen LogP contribution in [0.1, 0.15) is 200 Å². The topological polar surface area (TPSA) is 79.0 Å². The number of ether oxygens (including phenoxy) is 1. The zero-order chi connectivity index (χ0) is 41.6. The largest absolute Gasteiger partial charge is 0.469 e. The zero-order valence-electron chi connectivity index (χ0n) is 37.7. The molecule has 7 heteroatoms. The molecule has 0 saturated carbocycles. The molecule has 0 spiro atoms. The Morgan fingerprint density at radius 2 is 1.17 bits per heavy atom. The molecule has 1 N–H and O–H groups in total. The Labute approximate surface area is 355 Å². The van der Waals surface area contributed by atoms with E-state index in [-0.39, 0.29) is 23.8 Å². The van der Waals surface area contributed by atoms with Gasteiger partial charge in [0.15, 0.2) is 0 Å². The van der Waals surface area contributed by atoms with E-state index in [2.05, 4.69) is 66.3 Å². The number of methoxy groups -OCH3 is 1. The van der Waals surface area contributed by atoms with E-state index < -0.39 is 6.04 Å². The number of nitrogens with zero attached hydrogens (tertiary/aromatic N) is 2. The van der Waals surface area contributed by atoms with E-state index in [0.29, 0.717) is 18.8 Å². The molecule has 3 rings (SSSR count). The van der Waals surface area contributed by atoms with Crippen molar-refractivity contribution in [3.63, 3.8) is 0 Å². The minimum atomic E-state index is -0.462. The third-order valence-corrected chi connectivity index (χ3v) is 12.8. The highest BCUT2D eigenvalue weighted by Gasteiger charge is 2.37. The number of carbonyl (C=O) groups is 3. The Morgan fingerprint density at radius 1 is 0.672 bits per heavy atom. The van der Waals surface area contributed by atoms with Crippen molar-refractivity contribution in [2.45, 2.75) is 212 Å². The number of nitrogens with one attached hydrogen (secondary N) is 1. The van der Waals surface area contributed by atoms with Crippen molar-refractivity contribution in [3.05, 3.63) is 42.5 Å². The maximum absolute atomic E-state index is 14.8. The maximum atomic E-state index is 14.8. The smallest absolute Gasteiger partial charge is 0.305 e. The molecule has 1 fully saturated rings. The lowest BCUT2D eigenvalue weighted by molar-refractivity contribution is -0.143. The molecule has 1 saturated heterocycles. The van der Waals surface area contributed by atoms with E-state index >= 15 is 0 Å². The van der Waals surface area contributed by atoms with E-state index in [1.54, 1.807) is 0 Å². The van der Waals surface area contributed by atoms with Gasteiger partial charge in [-0.2, -0.15) is 0 Å². The number of amides is 2. The number of piperidine rings is 1.